The number of ether oxygens (including phenoxy) is 1. The van der Waals surface area contributed by atoms with Crippen molar-refractivity contribution in [2.45, 2.75) is 64.7 Å². The Morgan fingerprint density at radius 1 is 0.886 bits per heavy atom. The maximum Gasteiger partial charge on any atom is 0.315 e. The van der Waals surface area contributed by atoms with Crippen LogP contribution in [0.3, 0.4) is 0 Å². The van der Waals surface area contributed by atoms with Crippen molar-refractivity contribution in [3.8, 4) is 11.5 Å². The summed E-state index contributed by atoms with van der Waals surface area (Å²) in [7, 11) is 0. The first-order valence-electron chi connectivity index (χ1n) is 13.8. The number of halogens is 4. The summed E-state index contributed by atoms with van der Waals surface area (Å²) in [6.45, 7) is 12.0. The van der Waals surface area contributed by atoms with E-state index in [1.165, 1.54) is 0 Å². The molecule has 1 atom stereocenters. The van der Waals surface area contributed by atoms with Gasteiger partial charge in [0.15, 0.2) is 28.9 Å². The van der Waals surface area contributed by atoms with Gasteiger partial charge in [-0.15, -0.1) is 0 Å². The van der Waals surface area contributed by atoms with Crippen LogP contribution in [-0.4, -0.2) is 27.6 Å². The minimum absolute atomic E-state index is 0.00239. The normalized spacial score (nSPS) is 15.2. The number of aromatic hydroxyl groups is 1. The molecular weight excluding hydrogens is 644 g/mol. The average Bonchev–Trinajstić information content (AvgIpc) is 3.20. The number of phenols is 1. The van der Waals surface area contributed by atoms with Gasteiger partial charge in [0.05, 0.1) is 28.3 Å². The number of carbonyl (C=O) groups is 3. The van der Waals surface area contributed by atoms with Gasteiger partial charge in [-0.3, -0.25) is 14.4 Å². The van der Waals surface area contributed by atoms with Crippen LogP contribution in [0.5, 0.6) is 11.5 Å². The van der Waals surface area contributed by atoms with E-state index < -0.39 is 23.5 Å². The van der Waals surface area contributed by atoms with Crippen LogP contribution in [0.25, 0.3) is 10.9 Å². The molecule has 0 spiro atoms. The Balaban J connectivity index is 1.50. The molecule has 1 N–H and O–H groups in total. The quantitative estimate of drug-likeness (QED) is 0.0768. The predicted octanol–water partition coefficient (Wildman–Crippen LogP) is 8.50. The van der Waals surface area contributed by atoms with E-state index in [9.17, 15) is 19.5 Å². The molecule has 1 aromatic heterocycles. The number of nitrogens with zero attached hydrogens (tertiary/aromatic N) is 1. The lowest BCUT2D eigenvalue weighted by Crippen LogP contribution is -2.19. The van der Waals surface area contributed by atoms with Gasteiger partial charge in [-0.05, 0) is 39.7 Å². The highest BCUT2D eigenvalue weighted by Crippen LogP contribution is 2.47. The van der Waals surface area contributed by atoms with E-state index in [1.54, 1.807) is 30.3 Å². The zero-order valence-corrected chi connectivity index (χ0v) is 28.0. The molecule has 6 nitrogen and oxygen atoms in total. The van der Waals surface area contributed by atoms with E-state index in [4.69, 9.17) is 51.1 Å². The van der Waals surface area contributed by atoms with Crippen molar-refractivity contribution in [1.29, 1.82) is 0 Å². The lowest BCUT2D eigenvalue weighted by Gasteiger charge is -2.28. The van der Waals surface area contributed by atoms with Gasteiger partial charge in [-0.25, -0.2) is 4.98 Å². The Labute approximate surface area is 275 Å². The molecular formula is C34H30Cl4NO5+. The van der Waals surface area contributed by atoms with Crippen LogP contribution in [0.15, 0.2) is 42.5 Å². The third kappa shape index (κ3) is 5.58. The van der Waals surface area contributed by atoms with Gasteiger partial charge in [0.1, 0.15) is 27.2 Å². The van der Waals surface area contributed by atoms with Gasteiger partial charge < -0.3 is 9.84 Å². The van der Waals surface area contributed by atoms with E-state index in [2.05, 4.69) is 4.98 Å². The largest absolute Gasteiger partial charge is 0.507 e. The number of carbonyl (C=O) groups excluding carboxylic acids is 3. The molecule has 0 bridgehead atoms. The molecule has 4 aromatic rings. The first-order valence-corrected chi connectivity index (χ1v) is 15.4. The zero-order valence-electron chi connectivity index (χ0n) is 24.9. The first-order chi connectivity index (χ1) is 20.4. The van der Waals surface area contributed by atoms with E-state index >= 15 is 0 Å². The smallest absolute Gasteiger partial charge is 0.315 e. The summed E-state index contributed by atoms with van der Waals surface area (Å²) < 4.78 is 5.81. The van der Waals surface area contributed by atoms with Gasteiger partial charge in [0, 0.05) is 5.39 Å². The number of para-hydroxylation sites is 1. The van der Waals surface area contributed by atoms with Crippen molar-refractivity contribution in [3.63, 3.8) is 0 Å². The SMILES string of the molecule is CC(C)(C)c1cc(CC(=O)Oc2cccc3ccc(C4C(=O)c5c(Cl)c(Cl)c([ClH+])c(Cl)c5C4=O)nc23)cc(C(C)(C)C)c1O. The summed E-state index contributed by atoms with van der Waals surface area (Å²) in [5, 5.41) is 11.4. The molecule has 1 heterocycles. The number of hydrogen-bond acceptors (Lipinski definition) is 6. The Hall–Kier alpha value is -3.16. The highest BCUT2D eigenvalue weighted by atomic mass is 35.5. The van der Waals surface area contributed by atoms with Crippen molar-refractivity contribution in [1.82, 2.24) is 4.98 Å². The minimum atomic E-state index is -1.32. The first kappa shape index (κ1) is 32.2. The lowest BCUT2D eigenvalue weighted by molar-refractivity contribution is -0.288. The number of phenolic OH excluding ortho intramolecular Hbond substituents is 1. The van der Waals surface area contributed by atoms with Gasteiger partial charge in [0.2, 0.25) is 0 Å². The van der Waals surface area contributed by atoms with Crippen LogP contribution in [0.2, 0.25) is 20.1 Å². The maximum absolute atomic E-state index is 13.5. The monoisotopic (exact) mass is 672 g/mol. The Morgan fingerprint density at radius 3 is 2.02 bits per heavy atom. The summed E-state index contributed by atoms with van der Waals surface area (Å²) in [4.78, 5) is 44.8. The topological polar surface area (TPSA) is 93.6 Å². The molecule has 0 radical (unpaired) electrons. The summed E-state index contributed by atoms with van der Waals surface area (Å²) in [6.07, 6.45) is -0.0570. The number of benzene rings is 3. The molecule has 1 unspecified atom stereocenters. The highest BCUT2D eigenvalue weighted by Gasteiger charge is 2.46. The van der Waals surface area contributed by atoms with Crippen molar-refractivity contribution >= 4 is 63.2 Å². The van der Waals surface area contributed by atoms with Crippen LogP contribution >= 0.6 is 34.8 Å². The number of rotatable bonds is 4. The van der Waals surface area contributed by atoms with Crippen LogP contribution in [0.1, 0.15) is 90.6 Å². The van der Waals surface area contributed by atoms with E-state index in [0.29, 0.717) is 16.5 Å². The minimum Gasteiger partial charge on any atom is -0.507 e. The summed E-state index contributed by atoms with van der Waals surface area (Å²) >= 11 is 24.1. The number of aromatic nitrogens is 1. The Bertz CT molecular complexity index is 1820. The highest BCUT2D eigenvalue weighted by molar-refractivity contribution is 6.50. The second-order valence-electron chi connectivity index (χ2n) is 12.9. The lowest BCUT2D eigenvalue weighted by atomic mass is 9.78. The fourth-order valence-corrected chi connectivity index (χ4v) is 6.48. The van der Waals surface area contributed by atoms with Crippen LogP contribution in [-0.2, 0) is 22.0 Å². The third-order valence-electron chi connectivity index (χ3n) is 7.66. The van der Waals surface area contributed by atoms with E-state index in [0.717, 1.165) is 11.1 Å². The van der Waals surface area contributed by atoms with Crippen molar-refractivity contribution in [2.75, 3.05) is 0 Å². The Morgan fingerprint density at radius 2 is 1.45 bits per heavy atom. The van der Waals surface area contributed by atoms with Crippen molar-refractivity contribution < 1.29 is 35.8 Å². The number of Topliss-reactive ketones (excluding diaryl/α,β-unsaturated/α-hetero) is 2. The maximum atomic E-state index is 13.5. The molecule has 0 aliphatic heterocycles. The predicted molar refractivity (Wildman–Crippen MR) is 170 cm³/mol. The molecule has 44 heavy (non-hydrogen) atoms. The van der Waals surface area contributed by atoms with Crippen LogP contribution < -0.4 is 4.74 Å². The standard InChI is InChI=1S/C34H29Cl4NO5/c1-33(2,3)17-12-15(13-18(30(17)41)34(4,5)6)14-21(40)44-20-9-7-8-16-10-11-19(39-29(16)20)22-31(42)23-24(32(22)43)26(36)28(38)27(37)25(23)35/h7-13,22,37H,14H2,1-6H3/p+1. The van der Waals surface area contributed by atoms with Gasteiger partial charge in [-0.2, -0.15) is 0 Å². The fourth-order valence-electron chi connectivity index (χ4n) is 5.42. The zero-order chi connectivity index (χ0) is 32.5. The van der Waals surface area contributed by atoms with Gasteiger partial charge in [-0.1, -0.05) is 107 Å². The second-order valence-corrected chi connectivity index (χ2v) is 14.5. The van der Waals surface area contributed by atoms with E-state index in [-0.39, 0.29) is 65.7 Å². The Kier molecular flexibility index (Phi) is 8.30. The number of hydrogen-bond donors (Lipinski definition) is 1. The van der Waals surface area contributed by atoms with Crippen LogP contribution in [0.4, 0.5) is 0 Å². The number of fused-ring (bicyclic) bond motifs is 2. The molecule has 3 aromatic carbocycles. The molecule has 0 amide bonds. The summed E-state index contributed by atoms with van der Waals surface area (Å²) in [5.74, 6) is -2.64. The second kappa shape index (κ2) is 11.3. The molecule has 5 rings (SSSR count). The average molecular weight is 674 g/mol. The summed E-state index contributed by atoms with van der Waals surface area (Å²) in [5.41, 5.74) is 1.75. The number of pyridine rings is 1. The molecule has 1 aliphatic rings. The van der Waals surface area contributed by atoms with Crippen molar-refractivity contribution in [2.24, 2.45) is 0 Å². The molecule has 0 saturated heterocycles. The number of ketones is 2. The van der Waals surface area contributed by atoms with E-state index in [1.807, 2.05) is 53.7 Å². The molecule has 1 aliphatic carbocycles. The van der Waals surface area contributed by atoms with Crippen LogP contribution in [0, 0.1) is 11.6 Å². The fraction of sp³-hybridized carbons (Fsp3) is 0.294. The third-order valence-corrected chi connectivity index (χ3v) is 9.52. The molecule has 0 saturated carbocycles. The van der Waals surface area contributed by atoms with Crippen molar-refractivity contribution in [3.05, 3.63) is 96.1 Å². The molecule has 0 fully saturated rings. The molecule has 228 valence electrons. The van der Waals surface area contributed by atoms with Gasteiger partial charge >= 0.3 is 5.97 Å². The summed E-state index contributed by atoms with van der Waals surface area (Å²) in [6, 6.07) is 12.0. The number of esters is 1. The molecule has 10 heteroatoms. The van der Waals surface area contributed by atoms with Gasteiger partial charge in [0.25, 0.3) is 5.02 Å².